The van der Waals surface area contributed by atoms with Gasteiger partial charge >= 0.3 is 6.09 Å². The first-order chi connectivity index (χ1) is 9.29. The van der Waals surface area contributed by atoms with Crippen LogP contribution in [0.4, 0.5) is 4.79 Å². The second-order valence-electron chi connectivity index (χ2n) is 4.14. The maximum atomic E-state index is 11.3. The molecule has 0 heterocycles. The number of ether oxygens (including phenoxy) is 1. The summed E-state index contributed by atoms with van der Waals surface area (Å²) in [5, 5.41) is 4.77. The van der Waals surface area contributed by atoms with Gasteiger partial charge in [-0.05, 0) is 22.4 Å². The molecule has 0 bridgehead atoms. The van der Waals surface area contributed by atoms with Crippen LogP contribution in [0.25, 0.3) is 10.8 Å². The fourth-order valence-electron chi connectivity index (χ4n) is 1.76. The molecule has 0 saturated carbocycles. The molecule has 0 spiro atoms. The lowest BCUT2D eigenvalue weighted by Crippen LogP contribution is -2.25. The number of benzene rings is 2. The average molecular weight is 257 g/mol. The second kappa shape index (κ2) is 6.54. The minimum Gasteiger partial charge on any atom is -0.445 e. The van der Waals surface area contributed by atoms with E-state index >= 15 is 0 Å². The van der Waals surface area contributed by atoms with Crippen molar-refractivity contribution in [2.45, 2.75) is 13.0 Å². The zero-order chi connectivity index (χ0) is 13.5. The summed E-state index contributed by atoms with van der Waals surface area (Å²) in [6.07, 6.45) is 0.546. The van der Waals surface area contributed by atoms with Crippen LogP contribution in [0.3, 0.4) is 0 Å². The molecule has 0 fully saturated rings. The van der Waals surface area contributed by atoms with Crippen molar-refractivity contribution in [2.75, 3.05) is 6.54 Å². The van der Waals surface area contributed by atoms with Crippen LogP contribution in [-0.4, -0.2) is 18.9 Å². The molecule has 0 aliphatic rings. The Kier molecular flexibility index (Phi) is 4.50. The molecule has 0 aliphatic carbocycles. The zero-order valence-corrected chi connectivity index (χ0v) is 10.5. The van der Waals surface area contributed by atoms with Crippen LogP contribution in [0.2, 0.25) is 0 Å². The van der Waals surface area contributed by atoms with E-state index in [4.69, 9.17) is 4.74 Å². The lowest BCUT2D eigenvalue weighted by atomic mass is 10.1. The van der Waals surface area contributed by atoms with Gasteiger partial charge in [-0.25, -0.2) is 4.79 Å². The number of amides is 1. The van der Waals surface area contributed by atoms with Crippen molar-refractivity contribution in [2.24, 2.45) is 0 Å². The molecule has 0 atom stereocenters. The maximum Gasteiger partial charge on any atom is 0.407 e. The van der Waals surface area contributed by atoms with Gasteiger partial charge in [0.1, 0.15) is 12.9 Å². The molecule has 1 N–H and O–H groups in total. The van der Waals surface area contributed by atoms with Gasteiger partial charge in [0.05, 0.1) is 0 Å². The molecule has 2 rings (SSSR count). The largest absolute Gasteiger partial charge is 0.445 e. The molecule has 0 aromatic heterocycles. The predicted molar refractivity (Wildman–Crippen MR) is 72.8 cm³/mol. The summed E-state index contributed by atoms with van der Waals surface area (Å²) >= 11 is 0. The summed E-state index contributed by atoms with van der Waals surface area (Å²) in [5.41, 5.74) is 0.934. The molecule has 0 saturated heterocycles. The Balaban J connectivity index is 1.90. The Morgan fingerprint density at radius 3 is 2.74 bits per heavy atom. The van der Waals surface area contributed by atoms with Gasteiger partial charge in [0.15, 0.2) is 0 Å². The first-order valence-electron chi connectivity index (χ1n) is 6.11. The molecular weight excluding hydrogens is 242 g/mol. The van der Waals surface area contributed by atoms with Crippen molar-refractivity contribution >= 4 is 23.2 Å². The van der Waals surface area contributed by atoms with Gasteiger partial charge in [-0.15, -0.1) is 0 Å². The topological polar surface area (TPSA) is 55.4 Å². The molecule has 2 aromatic rings. The predicted octanol–water partition coefficient (Wildman–Crippen LogP) is 2.66. The maximum absolute atomic E-state index is 11.3. The molecule has 1 amide bonds. The van der Waals surface area contributed by atoms with Crippen LogP contribution in [0.1, 0.15) is 12.0 Å². The number of alkyl carbamates (subject to hydrolysis) is 1. The van der Waals surface area contributed by atoms with Crippen LogP contribution < -0.4 is 5.32 Å². The van der Waals surface area contributed by atoms with E-state index in [0.29, 0.717) is 13.0 Å². The standard InChI is InChI=1S/C15H15NO3/c17-9-3-8-16-15(18)19-11-12-6-7-13-4-1-2-5-14(13)10-12/h1-2,4-7,9-10H,3,8,11H2,(H,16,18). The zero-order valence-electron chi connectivity index (χ0n) is 10.5. The van der Waals surface area contributed by atoms with Crippen LogP contribution in [0.5, 0.6) is 0 Å². The van der Waals surface area contributed by atoms with Crippen molar-refractivity contribution in [1.82, 2.24) is 5.32 Å². The highest BCUT2D eigenvalue weighted by atomic mass is 16.5. The third-order valence-electron chi connectivity index (χ3n) is 2.72. The third kappa shape index (κ3) is 3.81. The van der Waals surface area contributed by atoms with E-state index in [-0.39, 0.29) is 6.61 Å². The summed E-state index contributed by atoms with van der Waals surface area (Å²) in [7, 11) is 0. The van der Waals surface area contributed by atoms with Crippen molar-refractivity contribution in [3.8, 4) is 0 Å². The number of hydrogen-bond acceptors (Lipinski definition) is 3. The number of rotatable bonds is 5. The van der Waals surface area contributed by atoms with Crippen LogP contribution in [0.15, 0.2) is 42.5 Å². The average Bonchev–Trinajstić information content (AvgIpc) is 2.45. The van der Waals surface area contributed by atoms with Crippen LogP contribution in [0, 0.1) is 0 Å². The monoisotopic (exact) mass is 257 g/mol. The molecular formula is C15H15NO3. The molecule has 4 nitrogen and oxygen atoms in total. The van der Waals surface area contributed by atoms with Crippen molar-refractivity contribution < 1.29 is 14.3 Å². The lowest BCUT2D eigenvalue weighted by Gasteiger charge is -2.06. The van der Waals surface area contributed by atoms with Gasteiger partial charge in [0, 0.05) is 13.0 Å². The summed E-state index contributed by atoms with van der Waals surface area (Å²) in [4.78, 5) is 21.4. The molecule has 0 radical (unpaired) electrons. The first-order valence-corrected chi connectivity index (χ1v) is 6.11. The highest BCUT2D eigenvalue weighted by Gasteiger charge is 2.02. The molecule has 19 heavy (non-hydrogen) atoms. The number of hydrogen-bond donors (Lipinski definition) is 1. The molecule has 0 unspecified atom stereocenters. The normalized spacial score (nSPS) is 10.1. The van der Waals surface area contributed by atoms with Crippen LogP contribution in [-0.2, 0) is 16.1 Å². The molecule has 98 valence electrons. The van der Waals surface area contributed by atoms with Crippen molar-refractivity contribution in [3.05, 3.63) is 48.0 Å². The molecule has 0 aliphatic heterocycles. The van der Waals surface area contributed by atoms with Crippen LogP contribution >= 0.6 is 0 Å². The fraction of sp³-hybridized carbons (Fsp3) is 0.200. The van der Waals surface area contributed by atoms with E-state index in [2.05, 4.69) is 5.32 Å². The summed E-state index contributed by atoms with van der Waals surface area (Å²) in [6.45, 7) is 0.526. The Morgan fingerprint density at radius 2 is 1.95 bits per heavy atom. The molecule has 2 aromatic carbocycles. The first kappa shape index (κ1) is 13.1. The van der Waals surface area contributed by atoms with E-state index in [9.17, 15) is 9.59 Å². The number of carbonyl (C=O) groups excluding carboxylic acids is 2. The SMILES string of the molecule is O=CCCNC(=O)OCc1ccc2ccccc2c1. The third-order valence-corrected chi connectivity index (χ3v) is 2.72. The smallest absolute Gasteiger partial charge is 0.407 e. The van der Waals surface area contributed by atoms with Gasteiger partial charge in [-0.1, -0.05) is 36.4 Å². The lowest BCUT2D eigenvalue weighted by molar-refractivity contribution is -0.107. The Bertz CT molecular complexity index is 580. The summed E-state index contributed by atoms with van der Waals surface area (Å²) in [6, 6.07) is 13.9. The highest BCUT2D eigenvalue weighted by Crippen LogP contribution is 2.16. The van der Waals surface area contributed by atoms with Gasteiger partial charge in [0.2, 0.25) is 0 Å². The van der Waals surface area contributed by atoms with Gasteiger partial charge < -0.3 is 14.8 Å². The van der Waals surface area contributed by atoms with Gasteiger partial charge in [-0.2, -0.15) is 0 Å². The van der Waals surface area contributed by atoms with Crippen molar-refractivity contribution in [3.63, 3.8) is 0 Å². The Morgan fingerprint density at radius 1 is 1.16 bits per heavy atom. The van der Waals surface area contributed by atoms with E-state index in [0.717, 1.165) is 22.6 Å². The minimum absolute atomic E-state index is 0.220. The summed E-state index contributed by atoms with van der Waals surface area (Å²) in [5.74, 6) is 0. The number of carbonyl (C=O) groups is 2. The van der Waals surface area contributed by atoms with E-state index in [1.165, 1.54) is 0 Å². The van der Waals surface area contributed by atoms with Gasteiger partial charge in [-0.3, -0.25) is 0 Å². The number of nitrogens with one attached hydrogen (secondary N) is 1. The van der Waals surface area contributed by atoms with E-state index in [1.54, 1.807) is 0 Å². The van der Waals surface area contributed by atoms with E-state index < -0.39 is 6.09 Å². The van der Waals surface area contributed by atoms with E-state index in [1.807, 2.05) is 42.5 Å². The minimum atomic E-state index is -0.505. The number of aldehydes is 1. The Hall–Kier alpha value is -2.36. The fourth-order valence-corrected chi connectivity index (χ4v) is 1.76. The quantitative estimate of drug-likeness (QED) is 0.661. The number of fused-ring (bicyclic) bond motifs is 1. The van der Waals surface area contributed by atoms with Gasteiger partial charge in [0.25, 0.3) is 0 Å². The Labute approximate surface area is 111 Å². The highest BCUT2D eigenvalue weighted by molar-refractivity contribution is 5.83. The van der Waals surface area contributed by atoms with Crippen molar-refractivity contribution in [1.29, 1.82) is 0 Å². The molecule has 4 heteroatoms. The summed E-state index contributed by atoms with van der Waals surface area (Å²) < 4.78 is 5.06. The second-order valence-corrected chi connectivity index (χ2v) is 4.14.